The largest absolute Gasteiger partial charge is 0.299 e. The zero-order valence-electron chi connectivity index (χ0n) is 17.4. The molecule has 2 atom stereocenters. The van der Waals surface area contributed by atoms with Crippen LogP contribution >= 0.6 is 0 Å². The van der Waals surface area contributed by atoms with Gasteiger partial charge in [0.15, 0.2) is 5.78 Å². The minimum Gasteiger partial charge on any atom is -0.299 e. The number of hydrogen-bond acceptors (Lipinski definition) is 3. The van der Waals surface area contributed by atoms with E-state index in [9.17, 15) is 9.59 Å². The number of Topliss-reactive ketones (excluding diaryl/α,β-unsaturated/α-hetero) is 2. The van der Waals surface area contributed by atoms with Crippen LogP contribution in [0.15, 0.2) is 0 Å². The normalized spacial score (nSPS) is 13.7. The number of nitrogens with zero attached hydrogens (tertiary/aromatic N) is 1. The van der Waals surface area contributed by atoms with Crippen molar-refractivity contribution < 1.29 is 9.59 Å². The third-order valence-corrected chi connectivity index (χ3v) is 4.29. The van der Waals surface area contributed by atoms with E-state index in [2.05, 4.69) is 32.6 Å². The molecular formula is C21H45NO2. The summed E-state index contributed by atoms with van der Waals surface area (Å²) >= 11 is 0. The van der Waals surface area contributed by atoms with Crippen molar-refractivity contribution in [3.05, 3.63) is 0 Å². The number of hydrogen-bond donors (Lipinski definition) is 0. The number of rotatable bonds is 8. The standard InChI is InChI=1S/C10H21NO.C10H20O.CH4/c1-7(2)10(12)9(5)11(6)8(3)4;1-7(2)6-9(5)10(11)8(3)4;/h7-9H,1-6H3;7-9H,6H2,1-5H3;1H4. The molecule has 0 amide bonds. The Hall–Kier alpha value is -0.700. The fraction of sp³-hybridized carbons (Fsp3) is 0.905. The Morgan fingerprint density at radius 3 is 1.38 bits per heavy atom. The smallest absolute Gasteiger partial charge is 0.152 e. The van der Waals surface area contributed by atoms with Crippen LogP contribution in [0.5, 0.6) is 0 Å². The molecule has 0 saturated heterocycles. The second-order valence-corrected chi connectivity index (χ2v) is 8.08. The minimum absolute atomic E-state index is 0. The monoisotopic (exact) mass is 343 g/mol. The van der Waals surface area contributed by atoms with Gasteiger partial charge in [0.1, 0.15) is 5.78 Å². The number of carbonyl (C=O) groups is 2. The second-order valence-electron chi connectivity index (χ2n) is 8.08. The topological polar surface area (TPSA) is 37.4 Å². The molecule has 0 heterocycles. The molecular weight excluding hydrogens is 298 g/mol. The van der Waals surface area contributed by atoms with Gasteiger partial charge in [-0.3, -0.25) is 14.5 Å². The van der Waals surface area contributed by atoms with E-state index in [1.165, 1.54) is 0 Å². The van der Waals surface area contributed by atoms with Crippen LogP contribution in [0, 0.1) is 23.7 Å². The van der Waals surface area contributed by atoms with Crippen molar-refractivity contribution >= 4 is 11.6 Å². The highest BCUT2D eigenvalue weighted by Gasteiger charge is 2.21. The molecule has 0 aromatic rings. The average Bonchev–Trinajstić information content (AvgIpc) is 2.43. The SMILES string of the molecule is C.CC(C)C(=O)C(C)N(C)C(C)C.CC(C)CC(C)C(=O)C(C)C. The highest BCUT2D eigenvalue weighted by Crippen LogP contribution is 2.15. The molecule has 0 aromatic heterocycles. The van der Waals surface area contributed by atoms with Gasteiger partial charge in [0.2, 0.25) is 0 Å². The molecule has 2 unspecified atom stereocenters. The van der Waals surface area contributed by atoms with Gasteiger partial charge in [-0.15, -0.1) is 0 Å². The Morgan fingerprint density at radius 1 is 0.750 bits per heavy atom. The first-order valence-electron chi connectivity index (χ1n) is 9.12. The van der Waals surface area contributed by atoms with E-state index < -0.39 is 0 Å². The van der Waals surface area contributed by atoms with Gasteiger partial charge in [0.05, 0.1) is 6.04 Å². The van der Waals surface area contributed by atoms with Gasteiger partial charge >= 0.3 is 0 Å². The molecule has 0 saturated carbocycles. The van der Waals surface area contributed by atoms with Crippen molar-refractivity contribution in [1.82, 2.24) is 4.90 Å². The van der Waals surface area contributed by atoms with Gasteiger partial charge in [0, 0.05) is 23.8 Å². The predicted molar refractivity (Wildman–Crippen MR) is 107 cm³/mol. The van der Waals surface area contributed by atoms with Crippen LogP contribution in [0.1, 0.15) is 83.1 Å². The van der Waals surface area contributed by atoms with Gasteiger partial charge < -0.3 is 0 Å². The van der Waals surface area contributed by atoms with Crippen LogP contribution in [0.25, 0.3) is 0 Å². The first-order chi connectivity index (χ1) is 10.3. The van der Waals surface area contributed by atoms with E-state index in [0.29, 0.717) is 23.5 Å². The van der Waals surface area contributed by atoms with E-state index in [1.54, 1.807) is 0 Å². The maximum Gasteiger partial charge on any atom is 0.152 e. The molecule has 0 N–H and O–H groups in total. The molecule has 3 nitrogen and oxygen atoms in total. The van der Waals surface area contributed by atoms with E-state index in [0.717, 1.165) is 6.42 Å². The number of carbonyl (C=O) groups excluding carboxylic acids is 2. The van der Waals surface area contributed by atoms with Crippen molar-refractivity contribution in [3.63, 3.8) is 0 Å². The maximum atomic E-state index is 11.5. The van der Waals surface area contributed by atoms with Crippen LogP contribution < -0.4 is 0 Å². The van der Waals surface area contributed by atoms with Crippen LogP contribution in [-0.4, -0.2) is 35.6 Å². The summed E-state index contributed by atoms with van der Waals surface area (Å²) in [5, 5.41) is 0. The molecule has 146 valence electrons. The molecule has 0 aromatic carbocycles. The predicted octanol–water partition coefficient (Wildman–Crippen LogP) is 5.47. The maximum absolute atomic E-state index is 11.5. The van der Waals surface area contributed by atoms with Crippen molar-refractivity contribution in [2.45, 2.75) is 95.2 Å². The quantitative estimate of drug-likeness (QED) is 0.586. The molecule has 0 aliphatic rings. The molecule has 0 rings (SSSR count). The van der Waals surface area contributed by atoms with Crippen LogP contribution in [0.4, 0.5) is 0 Å². The molecule has 0 aliphatic heterocycles. The van der Waals surface area contributed by atoms with Crippen molar-refractivity contribution in [1.29, 1.82) is 0 Å². The first kappa shape index (κ1) is 28.1. The highest BCUT2D eigenvalue weighted by atomic mass is 16.1. The van der Waals surface area contributed by atoms with E-state index in [4.69, 9.17) is 0 Å². The number of ketones is 2. The average molecular weight is 344 g/mol. The summed E-state index contributed by atoms with van der Waals surface area (Å²) in [4.78, 5) is 25.0. The van der Waals surface area contributed by atoms with Gasteiger partial charge in [-0.05, 0) is 40.2 Å². The van der Waals surface area contributed by atoms with Crippen LogP contribution in [0.2, 0.25) is 0 Å². The molecule has 0 bridgehead atoms. The lowest BCUT2D eigenvalue weighted by Gasteiger charge is -2.28. The zero-order chi connectivity index (χ0) is 18.9. The molecule has 24 heavy (non-hydrogen) atoms. The Bertz CT molecular complexity index is 346. The summed E-state index contributed by atoms with van der Waals surface area (Å²) in [6.07, 6.45) is 1.02. The van der Waals surface area contributed by atoms with Crippen molar-refractivity contribution in [2.24, 2.45) is 23.7 Å². The van der Waals surface area contributed by atoms with Crippen LogP contribution in [0.3, 0.4) is 0 Å². The minimum atomic E-state index is 0. The lowest BCUT2D eigenvalue weighted by molar-refractivity contribution is -0.127. The summed E-state index contributed by atoms with van der Waals surface area (Å²) < 4.78 is 0. The van der Waals surface area contributed by atoms with Gasteiger partial charge in [-0.25, -0.2) is 0 Å². The number of likely N-dealkylation sites (N-methyl/N-ethyl adjacent to an activating group) is 1. The molecule has 0 fully saturated rings. The van der Waals surface area contributed by atoms with Gasteiger partial charge in [-0.2, -0.15) is 0 Å². The second kappa shape index (κ2) is 13.6. The Morgan fingerprint density at radius 2 is 1.12 bits per heavy atom. The summed E-state index contributed by atoms with van der Waals surface area (Å²) in [5.74, 6) is 1.94. The first-order valence-corrected chi connectivity index (χ1v) is 9.12. The zero-order valence-corrected chi connectivity index (χ0v) is 17.4. The molecule has 0 aliphatic carbocycles. The van der Waals surface area contributed by atoms with Crippen molar-refractivity contribution in [3.8, 4) is 0 Å². The van der Waals surface area contributed by atoms with E-state index in [1.807, 2.05) is 48.6 Å². The van der Waals surface area contributed by atoms with Crippen molar-refractivity contribution in [2.75, 3.05) is 7.05 Å². The summed E-state index contributed by atoms with van der Waals surface area (Å²) in [7, 11) is 2.00. The fourth-order valence-electron chi connectivity index (χ4n) is 2.52. The summed E-state index contributed by atoms with van der Waals surface area (Å²) in [6, 6.07) is 0.479. The Balaban J connectivity index is -0.000000354. The van der Waals surface area contributed by atoms with Gasteiger partial charge in [-0.1, -0.05) is 55.9 Å². The molecule has 0 spiro atoms. The summed E-state index contributed by atoms with van der Waals surface area (Å²) in [5.41, 5.74) is 0. The third kappa shape index (κ3) is 11.8. The van der Waals surface area contributed by atoms with Gasteiger partial charge in [0.25, 0.3) is 0 Å². The lowest BCUT2D eigenvalue weighted by atomic mass is 9.90. The lowest BCUT2D eigenvalue weighted by Crippen LogP contribution is -2.42. The van der Waals surface area contributed by atoms with Crippen LogP contribution in [-0.2, 0) is 9.59 Å². The summed E-state index contributed by atoms with van der Waals surface area (Å²) in [6.45, 7) is 20.4. The Kier molecular flexibility index (Phi) is 15.9. The highest BCUT2D eigenvalue weighted by molar-refractivity contribution is 5.85. The van der Waals surface area contributed by atoms with E-state index in [-0.39, 0.29) is 31.2 Å². The molecule has 0 radical (unpaired) electrons. The fourth-order valence-corrected chi connectivity index (χ4v) is 2.52. The van der Waals surface area contributed by atoms with E-state index >= 15 is 0 Å². The Labute approximate surface area is 152 Å². The molecule has 3 heteroatoms. The third-order valence-electron chi connectivity index (χ3n) is 4.29.